The summed E-state index contributed by atoms with van der Waals surface area (Å²) in [6, 6.07) is 23.2. The Morgan fingerprint density at radius 1 is 1.03 bits per heavy atom. The molecule has 0 atom stereocenters. The van der Waals surface area contributed by atoms with E-state index in [9.17, 15) is 9.90 Å². The molecule has 0 spiro atoms. The third-order valence-corrected chi connectivity index (χ3v) is 7.12. The number of carboxylic acid groups (broad SMARTS) is 1. The van der Waals surface area contributed by atoms with Gasteiger partial charge in [0.1, 0.15) is 24.6 Å². The van der Waals surface area contributed by atoms with Gasteiger partial charge in [0, 0.05) is 22.8 Å². The first-order chi connectivity index (χ1) is 18.0. The molecule has 1 aliphatic heterocycles. The molecule has 0 bridgehead atoms. The topological polar surface area (TPSA) is 77.2 Å². The number of allylic oxidation sites excluding steroid dienone is 1. The number of aromatic carboxylic acids is 1. The molecule has 5 nitrogen and oxygen atoms in total. The van der Waals surface area contributed by atoms with Gasteiger partial charge in [-0.3, -0.25) is 0 Å². The fourth-order valence-electron chi connectivity index (χ4n) is 5.29. The number of hydrogen-bond donors (Lipinski definition) is 1. The molecule has 1 N–H and O–H groups in total. The molecule has 184 valence electrons. The molecule has 0 unspecified atom stereocenters. The maximum absolute atomic E-state index is 12.2. The first-order valence-electron chi connectivity index (χ1n) is 12.8. The second kappa shape index (κ2) is 10.3. The van der Waals surface area contributed by atoms with Crippen LogP contribution in [0.2, 0.25) is 0 Å². The minimum absolute atomic E-state index is 0.285. The summed E-state index contributed by atoms with van der Waals surface area (Å²) < 4.78 is 8.93. The molecule has 0 fully saturated rings. The van der Waals surface area contributed by atoms with Crippen molar-refractivity contribution in [3.05, 3.63) is 100 Å². The van der Waals surface area contributed by atoms with Crippen molar-refractivity contribution in [3.63, 3.8) is 0 Å². The van der Waals surface area contributed by atoms with Gasteiger partial charge >= 0.3 is 5.97 Å². The average molecular weight is 490 g/mol. The Kier molecular flexibility index (Phi) is 6.74. The Morgan fingerprint density at radius 3 is 2.49 bits per heavy atom. The predicted molar refractivity (Wildman–Crippen MR) is 146 cm³/mol. The number of fused-ring (bicyclic) bond motifs is 2. The minimum atomic E-state index is -0.942. The largest absolute Gasteiger partial charge is 0.478 e. The van der Waals surface area contributed by atoms with Gasteiger partial charge in [0.05, 0.1) is 23.3 Å². The Bertz CT molecular complexity index is 1590. The third-order valence-electron chi connectivity index (χ3n) is 7.12. The zero-order chi connectivity index (χ0) is 25.9. The molecule has 0 radical (unpaired) electrons. The lowest BCUT2D eigenvalue weighted by atomic mass is 9.82. The Balaban J connectivity index is 1.83. The highest BCUT2D eigenvalue weighted by atomic mass is 16.4. The molecule has 0 amide bonds. The highest BCUT2D eigenvalue weighted by Crippen LogP contribution is 2.45. The quantitative estimate of drug-likeness (QED) is 0.333. The first kappa shape index (κ1) is 24.3. The molecule has 2 aliphatic carbocycles. The summed E-state index contributed by atoms with van der Waals surface area (Å²) in [5.41, 5.74) is 6.60. The van der Waals surface area contributed by atoms with Crippen LogP contribution >= 0.6 is 0 Å². The van der Waals surface area contributed by atoms with Crippen molar-refractivity contribution in [1.29, 1.82) is 5.26 Å². The van der Waals surface area contributed by atoms with E-state index in [1.54, 1.807) is 12.1 Å². The maximum Gasteiger partial charge on any atom is 0.336 e. The van der Waals surface area contributed by atoms with Crippen LogP contribution < -0.4 is 9.93 Å². The summed E-state index contributed by atoms with van der Waals surface area (Å²) >= 11 is 0. The summed E-state index contributed by atoms with van der Waals surface area (Å²) in [5, 5.41) is 20.2. The van der Waals surface area contributed by atoms with Gasteiger partial charge in [-0.05, 0) is 80.2 Å². The zero-order valence-corrected chi connectivity index (χ0v) is 21.1. The van der Waals surface area contributed by atoms with E-state index < -0.39 is 5.97 Å². The number of benzene rings is 3. The van der Waals surface area contributed by atoms with Crippen LogP contribution in [-0.4, -0.2) is 24.2 Å². The molecular formula is C32H29N2O3+. The SMILES string of the molecule is CC[N+](CC)=c1ccc2c(-c3ccccc3C(=O)O)c3c(oc-2c1)/C(=C/c1ccc(C#N)cc1)CCC3. The van der Waals surface area contributed by atoms with Gasteiger partial charge in [-0.2, -0.15) is 5.26 Å². The first-order valence-corrected chi connectivity index (χ1v) is 12.8. The number of carbonyl (C=O) groups is 1. The van der Waals surface area contributed by atoms with Gasteiger partial charge in [0.15, 0.2) is 0 Å². The van der Waals surface area contributed by atoms with Crippen molar-refractivity contribution in [1.82, 2.24) is 4.58 Å². The van der Waals surface area contributed by atoms with Crippen molar-refractivity contribution in [2.24, 2.45) is 0 Å². The van der Waals surface area contributed by atoms with Crippen molar-refractivity contribution < 1.29 is 14.3 Å². The van der Waals surface area contributed by atoms with Gasteiger partial charge in [-0.25, -0.2) is 9.37 Å². The molecule has 2 aromatic carbocycles. The normalized spacial score (nSPS) is 13.8. The number of rotatable bonds is 5. The summed E-state index contributed by atoms with van der Waals surface area (Å²) in [6.45, 7) is 6.02. The maximum atomic E-state index is 12.2. The second-order valence-corrected chi connectivity index (χ2v) is 9.25. The predicted octanol–water partition coefficient (Wildman–Crippen LogP) is 6.31. The van der Waals surface area contributed by atoms with Gasteiger partial charge in [-0.15, -0.1) is 0 Å². The molecule has 0 aromatic heterocycles. The van der Waals surface area contributed by atoms with Crippen LogP contribution in [0.4, 0.5) is 0 Å². The van der Waals surface area contributed by atoms with Crippen LogP contribution in [0.5, 0.6) is 0 Å². The van der Waals surface area contributed by atoms with Crippen LogP contribution in [0.1, 0.15) is 59.5 Å². The number of hydrogen-bond acceptors (Lipinski definition) is 3. The summed E-state index contributed by atoms with van der Waals surface area (Å²) in [4.78, 5) is 12.2. The monoisotopic (exact) mass is 489 g/mol. The second-order valence-electron chi connectivity index (χ2n) is 9.25. The van der Waals surface area contributed by atoms with E-state index in [0.717, 1.165) is 77.1 Å². The fraction of sp³-hybridized carbons (Fsp3) is 0.219. The molecule has 1 heterocycles. The Labute approximate surface area is 216 Å². The van der Waals surface area contributed by atoms with E-state index in [0.29, 0.717) is 11.1 Å². The number of nitrogens with zero attached hydrogens (tertiary/aromatic N) is 2. The molecule has 3 aliphatic rings. The lowest BCUT2D eigenvalue weighted by Gasteiger charge is -2.25. The third kappa shape index (κ3) is 4.59. The van der Waals surface area contributed by atoms with Gasteiger partial charge in [0.25, 0.3) is 0 Å². The van der Waals surface area contributed by atoms with Crippen LogP contribution in [0.25, 0.3) is 34.1 Å². The lowest BCUT2D eigenvalue weighted by Crippen LogP contribution is -2.29. The van der Waals surface area contributed by atoms with E-state index >= 15 is 0 Å². The molecule has 0 saturated carbocycles. The standard InChI is InChI=1S/C32H28N2O3/c1-3-34(4-2)24-16-17-27-29(19-24)37-31-23(18-21-12-14-22(20-33)15-13-21)8-7-11-28(31)30(27)25-9-5-6-10-26(25)32(35)36/h5-6,9-10,12-19H,3-4,7-8,11H2,1-2H3/p+1/b23-18+. The van der Waals surface area contributed by atoms with E-state index in [1.807, 2.05) is 36.4 Å². The summed E-state index contributed by atoms with van der Waals surface area (Å²) in [7, 11) is 0. The molecule has 37 heavy (non-hydrogen) atoms. The molecule has 2 aromatic rings. The highest BCUT2D eigenvalue weighted by Gasteiger charge is 2.28. The van der Waals surface area contributed by atoms with E-state index in [1.165, 1.54) is 0 Å². The van der Waals surface area contributed by atoms with E-state index in [-0.39, 0.29) is 5.56 Å². The molecule has 5 heteroatoms. The molecule has 5 rings (SSSR count). The van der Waals surface area contributed by atoms with Gasteiger partial charge in [0.2, 0.25) is 5.36 Å². The van der Waals surface area contributed by atoms with Crippen molar-refractivity contribution in [3.8, 4) is 28.5 Å². The Hall–Kier alpha value is -4.43. The zero-order valence-electron chi connectivity index (χ0n) is 21.1. The van der Waals surface area contributed by atoms with Crippen LogP contribution in [0.3, 0.4) is 0 Å². The smallest absolute Gasteiger partial charge is 0.336 e. The molecular weight excluding hydrogens is 460 g/mol. The van der Waals surface area contributed by atoms with Crippen molar-refractivity contribution in [2.45, 2.75) is 33.1 Å². The number of nitriles is 1. The van der Waals surface area contributed by atoms with E-state index in [2.05, 4.69) is 48.8 Å². The Morgan fingerprint density at radius 2 is 1.78 bits per heavy atom. The summed E-state index contributed by atoms with van der Waals surface area (Å²) in [5.74, 6) is 0.614. The van der Waals surface area contributed by atoms with Crippen molar-refractivity contribution in [2.75, 3.05) is 13.1 Å². The fourth-order valence-corrected chi connectivity index (χ4v) is 5.29. The van der Waals surface area contributed by atoms with Gasteiger partial charge in [-0.1, -0.05) is 30.3 Å². The lowest BCUT2D eigenvalue weighted by molar-refractivity contribution is 0.0697. The minimum Gasteiger partial charge on any atom is -0.478 e. The number of carboxylic acids is 1. The van der Waals surface area contributed by atoms with Crippen LogP contribution in [-0.2, 0) is 6.42 Å². The van der Waals surface area contributed by atoms with Gasteiger partial charge < -0.3 is 9.52 Å². The average Bonchev–Trinajstić information content (AvgIpc) is 2.93. The highest BCUT2D eigenvalue weighted by molar-refractivity contribution is 6.00. The van der Waals surface area contributed by atoms with Crippen molar-refractivity contribution >= 4 is 17.6 Å². The molecule has 0 saturated heterocycles. The van der Waals surface area contributed by atoms with Crippen LogP contribution in [0, 0.1) is 11.3 Å². The van der Waals surface area contributed by atoms with Crippen LogP contribution in [0.15, 0.2) is 71.1 Å². The van der Waals surface area contributed by atoms with E-state index in [4.69, 9.17) is 9.68 Å². The summed E-state index contributed by atoms with van der Waals surface area (Å²) in [6.07, 6.45) is 4.73.